The maximum Gasteiger partial charge on any atom is 0.320 e. The Kier molecular flexibility index (Phi) is 12.7. The van der Waals surface area contributed by atoms with Gasteiger partial charge in [-0.3, -0.25) is 4.79 Å². The highest BCUT2D eigenvalue weighted by molar-refractivity contribution is 7.95. The lowest BCUT2D eigenvalue weighted by atomic mass is 10.1. The summed E-state index contributed by atoms with van der Waals surface area (Å²) < 4.78 is 5.24. The van der Waals surface area contributed by atoms with Gasteiger partial charge in [0.1, 0.15) is 0 Å². The van der Waals surface area contributed by atoms with Crippen molar-refractivity contribution in [1.82, 2.24) is 0 Å². The number of rotatable bonds is 12. The molecule has 0 aromatic rings. The third-order valence-corrected chi connectivity index (χ3v) is 4.42. The predicted octanol–water partition coefficient (Wildman–Crippen LogP) is 5.75. The van der Waals surface area contributed by atoms with Crippen LogP contribution in [0.4, 0.5) is 0 Å². The van der Waals surface area contributed by atoms with E-state index in [4.69, 9.17) is 4.18 Å². The summed E-state index contributed by atoms with van der Waals surface area (Å²) in [5.74, 6) is -0.119. The minimum Gasteiger partial charge on any atom is -0.391 e. The van der Waals surface area contributed by atoms with Crippen molar-refractivity contribution in [3.8, 4) is 0 Å². The molecule has 0 aromatic carbocycles. The lowest BCUT2D eigenvalue weighted by Crippen LogP contribution is -2.11. The molecule has 0 heterocycles. The van der Waals surface area contributed by atoms with Crippen molar-refractivity contribution in [2.45, 2.75) is 90.7 Å². The van der Waals surface area contributed by atoms with E-state index in [-0.39, 0.29) is 11.9 Å². The van der Waals surface area contributed by atoms with E-state index in [0.29, 0.717) is 5.25 Å². The molecule has 1 atom stereocenters. The van der Waals surface area contributed by atoms with Gasteiger partial charge in [-0.2, -0.15) is 0 Å². The van der Waals surface area contributed by atoms with Gasteiger partial charge in [0, 0.05) is 5.25 Å². The maximum absolute atomic E-state index is 11.4. The van der Waals surface area contributed by atoms with Crippen LogP contribution in [0.1, 0.15) is 85.5 Å². The fraction of sp³-hybridized carbons (Fsp3) is 0.938. The minimum atomic E-state index is -0.0944. The van der Waals surface area contributed by atoms with E-state index in [1.54, 1.807) is 0 Å². The van der Waals surface area contributed by atoms with Crippen LogP contribution in [0, 0.1) is 5.92 Å². The van der Waals surface area contributed by atoms with Crippen molar-refractivity contribution in [2.24, 2.45) is 5.92 Å². The highest BCUT2D eigenvalue weighted by atomic mass is 32.2. The molecule has 0 rings (SSSR count). The van der Waals surface area contributed by atoms with Crippen molar-refractivity contribution in [3.05, 3.63) is 0 Å². The van der Waals surface area contributed by atoms with E-state index in [0.717, 1.165) is 6.42 Å². The van der Waals surface area contributed by atoms with Gasteiger partial charge in [-0.25, -0.2) is 0 Å². The molecular weight excluding hydrogens is 256 g/mol. The van der Waals surface area contributed by atoms with Crippen LogP contribution in [0.15, 0.2) is 0 Å². The van der Waals surface area contributed by atoms with Crippen LogP contribution in [-0.2, 0) is 8.98 Å². The predicted molar refractivity (Wildman–Crippen MR) is 85.2 cm³/mol. The van der Waals surface area contributed by atoms with E-state index >= 15 is 0 Å². The molecule has 0 fully saturated rings. The minimum absolute atomic E-state index is 0.0245. The van der Waals surface area contributed by atoms with Crippen molar-refractivity contribution in [2.75, 3.05) is 0 Å². The van der Waals surface area contributed by atoms with Gasteiger partial charge < -0.3 is 4.18 Å². The highest BCUT2D eigenvalue weighted by Crippen LogP contribution is 2.23. The molecule has 3 heteroatoms. The van der Waals surface area contributed by atoms with Gasteiger partial charge in [0.2, 0.25) is 0 Å². The summed E-state index contributed by atoms with van der Waals surface area (Å²) >= 11 is 1.38. The first-order chi connectivity index (χ1) is 9.11. The molecule has 2 nitrogen and oxygen atoms in total. The fourth-order valence-electron chi connectivity index (χ4n) is 1.86. The highest BCUT2D eigenvalue weighted by Gasteiger charge is 2.14. The lowest BCUT2D eigenvalue weighted by molar-refractivity contribution is -0.136. The molecular formula is C16H32O2S. The van der Waals surface area contributed by atoms with E-state index in [1.807, 2.05) is 13.8 Å². The van der Waals surface area contributed by atoms with Gasteiger partial charge in [0.25, 0.3) is 0 Å². The molecule has 0 aliphatic heterocycles. The van der Waals surface area contributed by atoms with Gasteiger partial charge in [0.05, 0.1) is 18.0 Å². The molecule has 0 aliphatic carbocycles. The summed E-state index contributed by atoms with van der Waals surface area (Å²) in [5, 5.41) is 0.471. The zero-order chi connectivity index (χ0) is 14.5. The summed E-state index contributed by atoms with van der Waals surface area (Å²) in [6.07, 6.45) is 11.6. The normalized spacial score (nSPS) is 12.7. The molecule has 0 amide bonds. The Labute approximate surface area is 124 Å². The SMILES string of the molecule is CCCCCCCCCC(CC)SOC(=O)C(C)C. The lowest BCUT2D eigenvalue weighted by Gasteiger charge is -2.14. The Morgan fingerprint density at radius 2 is 1.58 bits per heavy atom. The first-order valence-corrected chi connectivity index (χ1v) is 8.79. The van der Waals surface area contributed by atoms with Gasteiger partial charge in [0.15, 0.2) is 0 Å². The van der Waals surface area contributed by atoms with Crippen LogP contribution < -0.4 is 0 Å². The third kappa shape index (κ3) is 11.4. The summed E-state index contributed by atoms with van der Waals surface area (Å²) in [5.41, 5.74) is 0. The molecule has 0 radical (unpaired) electrons. The summed E-state index contributed by atoms with van der Waals surface area (Å²) in [6.45, 7) is 8.17. The quantitative estimate of drug-likeness (QED) is 0.338. The first-order valence-electron chi connectivity index (χ1n) is 7.98. The summed E-state index contributed by atoms with van der Waals surface area (Å²) in [6, 6.07) is 0. The number of carbonyl (C=O) groups is 1. The monoisotopic (exact) mass is 288 g/mol. The van der Waals surface area contributed by atoms with E-state index in [1.165, 1.54) is 63.4 Å². The third-order valence-electron chi connectivity index (χ3n) is 3.32. The zero-order valence-corrected chi connectivity index (χ0v) is 14.1. The van der Waals surface area contributed by atoms with Crippen LogP contribution in [0.2, 0.25) is 0 Å². The second-order valence-corrected chi connectivity index (χ2v) is 6.62. The van der Waals surface area contributed by atoms with Crippen molar-refractivity contribution < 1.29 is 8.98 Å². The second kappa shape index (κ2) is 12.8. The van der Waals surface area contributed by atoms with Crippen molar-refractivity contribution in [1.29, 1.82) is 0 Å². The van der Waals surface area contributed by atoms with E-state index in [2.05, 4.69) is 13.8 Å². The molecule has 0 N–H and O–H groups in total. The molecule has 0 bridgehead atoms. The van der Waals surface area contributed by atoms with Gasteiger partial charge in [-0.05, 0) is 12.8 Å². The topological polar surface area (TPSA) is 26.3 Å². The smallest absolute Gasteiger partial charge is 0.320 e. The van der Waals surface area contributed by atoms with Gasteiger partial charge in [-0.15, -0.1) is 0 Å². The molecule has 0 saturated carbocycles. The average molecular weight is 288 g/mol. The van der Waals surface area contributed by atoms with Crippen LogP contribution in [-0.4, -0.2) is 11.2 Å². The Morgan fingerprint density at radius 1 is 1.00 bits per heavy atom. The Hall–Kier alpha value is -0.180. The Balaban J connectivity index is 3.51. The molecule has 0 spiro atoms. The molecule has 0 aromatic heterocycles. The van der Waals surface area contributed by atoms with Gasteiger partial charge >= 0.3 is 5.97 Å². The fourth-order valence-corrected chi connectivity index (χ4v) is 2.68. The standard InChI is InChI=1S/C16H32O2S/c1-5-7-8-9-10-11-12-13-15(6-2)19-18-16(17)14(3)4/h14-15H,5-13H2,1-4H3. The van der Waals surface area contributed by atoms with Crippen molar-refractivity contribution in [3.63, 3.8) is 0 Å². The van der Waals surface area contributed by atoms with Crippen molar-refractivity contribution >= 4 is 18.0 Å². The zero-order valence-electron chi connectivity index (χ0n) is 13.2. The van der Waals surface area contributed by atoms with Crippen LogP contribution in [0.3, 0.4) is 0 Å². The van der Waals surface area contributed by atoms with E-state index in [9.17, 15) is 4.79 Å². The van der Waals surface area contributed by atoms with Gasteiger partial charge in [-0.1, -0.05) is 72.6 Å². The van der Waals surface area contributed by atoms with Crippen LogP contribution >= 0.6 is 12.0 Å². The summed E-state index contributed by atoms with van der Waals surface area (Å²) in [4.78, 5) is 11.4. The molecule has 19 heavy (non-hydrogen) atoms. The number of carbonyl (C=O) groups excluding carboxylic acids is 1. The molecule has 1 unspecified atom stereocenters. The number of unbranched alkanes of at least 4 members (excludes halogenated alkanes) is 6. The Bertz CT molecular complexity index is 217. The number of hydrogen-bond donors (Lipinski definition) is 0. The van der Waals surface area contributed by atoms with Crippen LogP contribution in [0.5, 0.6) is 0 Å². The largest absolute Gasteiger partial charge is 0.391 e. The van der Waals surface area contributed by atoms with E-state index < -0.39 is 0 Å². The first kappa shape index (κ1) is 18.8. The molecule has 0 saturated heterocycles. The Morgan fingerprint density at radius 3 is 2.11 bits per heavy atom. The summed E-state index contributed by atoms with van der Waals surface area (Å²) in [7, 11) is 0. The molecule has 114 valence electrons. The average Bonchev–Trinajstić information content (AvgIpc) is 2.40. The molecule has 0 aliphatic rings. The second-order valence-electron chi connectivity index (χ2n) is 5.59. The number of hydrogen-bond acceptors (Lipinski definition) is 3. The maximum atomic E-state index is 11.4. The van der Waals surface area contributed by atoms with Crippen LogP contribution in [0.25, 0.3) is 0 Å².